The molecule has 108 valence electrons. The first-order valence-electron chi connectivity index (χ1n) is 7.07. The minimum atomic E-state index is -0.267. The number of piperidine rings is 1. The lowest BCUT2D eigenvalue weighted by molar-refractivity contribution is -0.134. The van der Waals surface area contributed by atoms with Gasteiger partial charge < -0.3 is 4.90 Å². The van der Waals surface area contributed by atoms with E-state index in [4.69, 9.17) is 0 Å². The van der Waals surface area contributed by atoms with Gasteiger partial charge in [-0.1, -0.05) is 19.9 Å². The summed E-state index contributed by atoms with van der Waals surface area (Å²) >= 11 is 0. The van der Waals surface area contributed by atoms with Gasteiger partial charge in [0.15, 0.2) is 0 Å². The molecule has 1 fully saturated rings. The van der Waals surface area contributed by atoms with Gasteiger partial charge in [-0.2, -0.15) is 0 Å². The highest BCUT2D eigenvalue weighted by Gasteiger charge is 2.30. The maximum Gasteiger partial charge on any atom is 0.249 e. The van der Waals surface area contributed by atoms with E-state index in [1.807, 2.05) is 18.0 Å². The fourth-order valence-corrected chi connectivity index (χ4v) is 2.76. The van der Waals surface area contributed by atoms with E-state index in [-0.39, 0.29) is 17.9 Å². The van der Waals surface area contributed by atoms with Gasteiger partial charge >= 0.3 is 0 Å². The minimum Gasteiger partial charge on any atom is -0.363 e. The van der Waals surface area contributed by atoms with Crippen molar-refractivity contribution in [2.75, 3.05) is 11.9 Å². The van der Waals surface area contributed by atoms with Crippen LogP contribution in [0.4, 0.5) is 5.69 Å². The molecule has 1 atom stereocenters. The van der Waals surface area contributed by atoms with Gasteiger partial charge in [0.2, 0.25) is 11.8 Å². The second-order valence-corrected chi connectivity index (χ2v) is 5.77. The minimum absolute atomic E-state index is 0.175. The zero-order chi connectivity index (χ0) is 14.9. The number of nitrogens with one attached hydrogen (secondary N) is 1. The summed E-state index contributed by atoms with van der Waals surface area (Å²) in [6, 6.07) is 6.01. The van der Waals surface area contributed by atoms with Gasteiger partial charge in [-0.25, -0.2) is 0 Å². The van der Waals surface area contributed by atoms with Crippen molar-refractivity contribution in [2.45, 2.75) is 45.6 Å². The Labute approximate surface area is 120 Å². The van der Waals surface area contributed by atoms with E-state index < -0.39 is 0 Å². The first kappa shape index (κ1) is 14.6. The number of aryl methyl sites for hydroxylation is 1. The Balaban J connectivity index is 2.21. The molecule has 20 heavy (non-hydrogen) atoms. The van der Waals surface area contributed by atoms with Crippen LogP contribution in [0.15, 0.2) is 18.2 Å². The van der Waals surface area contributed by atoms with E-state index in [1.54, 1.807) is 0 Å². The summed E-state index contributed by atoms with van der Waals surface area (Å²) in [6.07, 6.45) is 0.982. The summed E-state index contributed by atoms with van der Waals surface area (Å²) in [4.78, 5) is 25.1. The van der Waals surface area contributed by atoms with Crippen molar-refractivity contribution in [3.05, 3.63) is 29.3 Å². The Bertz CT molecular complexity index is 537. The number of imide groups is 1. The van der Waals surface area contributed by atoms with Crippen molar-refractivity contribution in [3.63, 3.8) is 0 Å². The summed E-state index contributed by atoms with van der Waals surface area (Å²) < 4.78 is 0. The topological polar surface area (TPSA) is 49.4 Å². The molecule has 0 spiro atoms. The SMILES string of the molecule is Cc1cc(N(C)C2CCC(=O)NC2=O)ccc1C(C)C. The fraction of sp³-hybridized carbons (Fsp3) is 0.500. The van der Waals surface area contributed by atoms with Gasteiger partial charge in [-0.05, 0) is 42.5 Å². The molecule has 4 heteroatoms. The first-order valence-corrected chi connectivity index (χ1v) is 7.07. The summed E-state index contributed by atoms with van der Waals surface area (Å²) in [5.41, 5.74) is 3.57. The molecule has 1 aromatic rings. The number of carbonyl (C=O) groups excluding carboxylic acids is 2. The fourth-order valence-electron chi connectivity index (χ4n) is 2.76. The van der Waals surface area contributed by atoms with Crippen LogP contribution in [0.5, 0.6) is 0 Å². The molecule has 4 nitrogen and oxygen atoms in total. The number of benzene rings is 1. The second-order valence-electron chi connectivity index (χ2n) is 5.77. The molecule has 1 N–H and O–H groups in total. The molecule has 1 heterocycles. The van der Waals surface area contributed by atoms with Crippen LogP contribution in [0.3, 0.4) is 0 Å². The normalized spacial score (nSPS) is 19.1. The highest BCUT2D eigenvalue weighted by Crippen LogP contribution is 2.26. The Hall–Kier alpha value is -1.84. The van der Waals surface area contributed by atoms with E-state index in [0.29, 0.717) is 18.8 Å². The number of likely N-dealkylation sites (N-methyl/N-ethyl adjacent to an activating group) is 1. The van der Waals surface area contributed by atoms with Crippen molar-refractivity contribution in [1.29, 1.82) is 0 Å². The standard InChI is InChI=1S/C16H22N2O2/c1-10(2)13-6-5-12(9-11(13)3)18(4)14-7-8-15(19)17-16(14)20/h5-6,9-10,14H,7-8H2,1-4H3,(H,17,19,20). The van der Waals surface area contributed by atoms with Crippen molar-refractivity contribution in [2.24, 2.45) is 0 Å². The average molecular weight is 274 g/mol. The van der Waals surface area contributed by atoms with Crippen LogP contribution in [-0.4, -0.2) is 24.9 Å². The molecule has 1 aliphatic heterocycles. The largest absolute Gasteiger partial charge is 0.363 e. The predicted octanol–water partition coefficient (Wildman–Crippen LogP) is 2.36. The van der Waals surface area contributed by atoms with Crippen LogP contribution in [0, 0.1) is 6.92 Å². The van der Waals surface area contributed by atoms with Crippen molar-refractivity contribution >= 4 is 17.5 Å². The van der Waals surface area contributed by atoms with Crippen LogP contribution < -0.4 is 10.2 Å². The maximum absolute atomic E-state index is 11.9. The maximum atomic E-state index is 11.9. The van der Waals surface area contributed by atoms with Crippen LogP contribution >= 0.6 is 0 Å². The Morgan fingerprint density at radius 2 is 2.00 bits per heavy atom. The number of nitrogens with zero attached hydrogens (tertiary/aromatic N) is 1. The molecule has 0 bridgehead atoms. The average Bonchev–Trinajstić information content (AvgIpc) is 2.37. The highest BCUT2D eigenvalue weighted by atomic mass is 16.2. The van der Waals surface area contributed by atoms with E-state index in [0.717, 1.165) is 5.69 Å². The molecule has 0 saturated carbocycles. The number of rotatable bonds is 3. The highest BCUT2D eigenvalue weighted by molar-refractivity contribution is 6.01. The lowest BCUT2D eigenvalue weighted by Crippen LogP contribution is -2.51. The zero-order valence-corrected chi connectivity index (χ0v) is 12.6. The van der Waals surface area contributed by atoms with Crippen molar-refractivity contribution in [3.8, 4) is 0 Å². The summed E-state index contributed by atoms with van der Waals surface area (Å²) in [7, 11) is 1.91. The number of hydrogen-bond donors (Lipinski definition) is 1. The van der Waals surface area contributed by atoms with Gasteiger partial charge in [0.1, 0.15) is 6.04 Å². The summed E-state index contributed by atoms with van der Waals surface area (Å²) in [5.74, 6) is 0.116. The molecular weight excluding hydrogens is 252 g/mol. The molecule has 1 aromatic carbocycles. The molecular formula is C16H22N2O2. The second kappa shape index (κ2) is 5.65. The van der Waals surface area contributed by atoms with E-state index >= 15 is 0 Å². The van der Waals surface area contributed by atoms with Crippen molar-refractivity contribution < 1.29 is 9.59 Å². The lowest BCUT2D eigenvalue weighted by atomic mass is 9.96. The third-order valence-electron chi connectivity index (χ3n) is 3.96. The van der Waals surface area contributed by atoms with Gasteiger partial charge in [0.05, 0.1) is 0 Å². The third-order valence-corrected chi connectivity index (χ3v) is 3.96. The third kappa shape index (κ3) is 2.84. The zero-order valence-electron chi connectivity index (χ0n) is 12.6. The smallest absolute Gasteiger partial charge is 0.249 e. The Morgan fingerprint density at radius 3 is 2.55 bits per heavy atom. The van der Waals surface area contributed by atoms with Gasteiger partial charge in [0, 0.05) is 19.2 Å². The molecule has 2 rings (SSSR count). The molecule has 1 unspecified atom stereocenters. The monoisotopic (exact) mass is 274 g/mol. The molecule has 0 aromatic heterocycles. The van der Waals surface area contributed by atoms with Crippen LogP contribution in [0.1, 0.15) is 43.7 Å². The van der Waals surface area contributed by atoms with Crippen molar-refractivity contribution in [1.82, 2.24) is 5.32 Å². The summed E-state index contributed by atoms with van der Waals surface area (Å²) in [6.45, 7) is 6.44. The quantitative estimate of drug-likeness (QED) is 0.861. The molecule has 2 amide bonds. The molecule has 0 radical (unpaired) electrons. The number of amides is 2. The number of carbonyl (C=O) groups is 2. The molecule has 1 aliphatic rings. The van der Waals surface area contributed by atoms with Gasteiger partial charge in [0.25, 0.3) is 0 Å². The van der Waals surface area contributed by atoms with Gasteiger partial charge in [-0.15, -0.1) is 0 Å². The first-order chi connectivity index (χ1) is 9.40. The van der Waals surface area contributed by atoms with E-state index in [9.17, 15) is 9.59 Å². The number of anilines is 1. The van der Waals surface area contributed by atoms with Gasteiger partial charge in [-0.3, -0.25) is 14.9 Å². The molecule has 0 aliphatic carbocycles. The summed E-state index contributed by atoms with van der Waals surface area (Å²) in [5, 5.41) is 2.40. The van der Waals surface area contributed by atoms with E-state index in [2.05, 4.69) is 38.2 Å². The van der Waals surface area contributed by atoms with Crippen LogP contribution in [0.2, 0.25) is 0 Å². The van der Waals surface area contributed by atoms with Crippen LogP contribution in [-0.2, 0) is 9.59 Å². The Morgan fingerprint density at radius 1 is 1.30 bits per heavy atom. The number of hydrogen-bond acceptors (Lipinski definition) is 3. The molecule has 1 saturated heterocycles. The Kier molecular flexibility index (Phi) is 4.12. The lowest BCUT2D eigenvalue weighted by Gasteiger charge is -2.31. The van der Waals surface area contributed by atoms with Crippen LogP contribution in [0.25, 0.3) is 0 Å². The van der Waals surface area contributed by atoms with E-state index in [1.165, 1.54) is 11.1 Å². The predicted molar refractivity (Wildman–Crippen MR) is 79.8 cm³/mol.